The third-order valence-corrected chi connectivity index (χ3v) is 2.77. The van der Waals surface area contributed by atoms with E-state index in [1.807, 2.05) is 20.8 Å². The standard InChI is InChI=1S/C15H18N2O3/c1-15(2,3)20-14(19)9-17-8-10(7-16)12-6-11(18)4-5-13(12)17/h4-8,16,18H,9H2,1-3H3. The normalized spacial score (nSPS) is 11.6. The van der Waals surface area contributed by atoms with E-state index in [1.54, 1.807) is 29.0 Å². The maximum Gasteiger partial charge on any atom is 0.326 e. The predicted octanol–water partition coefficient (Wildman–Crippen LogP) is 2.69. The zero-order valence-electron chi connectivity index (χ0n) is 11.8. The number of carbonyl (C=O) groups excluding carboxylic acids is 1. The predicted molar refractivity (Wildman–Crippen MR) is 77.3 cm³/mol. The Hall–Kier alpha value is -2.30. The van der Waals surface area contributed by atoms with Crippen LogP contribution in [0, 0.1) is 5.41 Å². The van der Waals surface area contributed by atoms with Crippen LogP contribution in [0.4, 0.5) is 0 Å². The average molecular weight is 274 g/mol. The van der Waals surface area contributed by atoms with E-state index in [2.05, 4.69) is 0 Å². The van der Waals surface area contributed by atoms with Crippen LogP contribution in [0.1, 0.15) is 26.3 Å². The first-order valence-electron chi connectivity index (χ1n) is 6.34. The molecule has 0 spiro atoms. The SMILES string of the molecule is CC(C)(C)OC(=O)Cn1cc(C=N)c2cc(O)ccc21. The lowest BCUT2D eigenvalue weighted by molar-refractivity contribution is -0.155. The van der Waals surface area contributed by atoms with Crippen LogP contribution >= 0.6 is 0 Å². The Kier molecular flexibility index (Phi) is 3.53. The molecule has 5 heteroatoms. The second-order valence-corrected chi connectivity index (χ2v) is 5.64. The van der Waals surface area contributed by atoms with Crippen molar-refractivity contribution in [3.05, 3.63) is 30.0 Å². The molecular weight excluding hydrogens is 256 g/mol. The molecule has 0 radical (unpaired) electrons. The van der Waals surface area contributed by atoms with Crippen LogP contribution in [0.2, 0.25) is 0 Å². The summed E-state index contributed by atoms with van der Waals surface area (Å²) in [7, 11) is 0. The van der Waals surface area contributed by atoms with E-state index in [0.29, 0.717) is 5.56 Å². The maximum atomic E-state index is 11.9. The van der Waals surface area contributed by atoms with Crippen molar-refractivity contribution >= 4 is 23.1 Å². The summed E-state index contributed by atoms with van der Waals surface area (Å²) in [5.74, 6) is -0.199. The molecule has 0 saturated carbocycles. The van der Waals surface area contributed by atoms with E-state index < -0.39 is 5.60 Å². The number of benzene rings is 1. The lowest BCUT2D eigenvalue weighted by Crippen LogP contribution is -2.26. The van der Waals surface area contributed by atoms with Gasteiger partial charge in [-0.25, -0.2) is 0 Å². The van der Waals surface area contributed by atoms with Gasteiger partial charge in [-0.05, 0) is 39.0 Å². The van der Waals surface area contributed by atoms with Crippen LogP contribution in [0.25, 0.3) is 10.9 Å². The molecule has 20 heavy (non-hydrogen) atoms. The molecule has 0 aliphatic carbocycles. The van der Waals surface area contributed by atoms with Crippen LogP contribution in [-0.4, -0.2) is 27.5 Å². The molecular formula is C15H18N2O3. The van der Waals surface area contributed by atoms with Crippen LogP contribution in [-0.2, 0) is 16.1 Å². The lowest BCUT2D eigenvalue weighted by Gasteiger charge is -2.19. The second kappa shape index (κ2) is 5.00. The van der Waals surface area contributed by atoms with Gasteiger partial charge in [0.2, 0.25) is 0 Å². The second-order valence-electron chi connectivity index (χ2n) is 5.64. The summed E-state index contributed by atoms with van der Waals surface area (Å²) in [5, 5.41) is 17.7. The van der Waals surface area contributed by atoms with Crippen molar-refractivity contribution in [2.45, 2.75) is 32.9 Å². The molecule has 1 heterocycles. The minimum absolute atomic E-state index is 0.0758. The quantitative estimate of drug-likeness (QED) is 0.667. The van der Waals surface area contributed by atoms with Gasteiger partial charge in [0.15, 0.2) is 0 Å². The van der Waals surface area contributed by atoms with Gasteiger partial charge < -0.3 is 19.8 Å². The zero-order valence-corrected chi connectivity index (χ0v) is 11.8. The Morgan fingerprint density at radius 2 is 2.15 bits per heavy atom. The van der Waals surface area contributed by atoms with Crippen molar-refractivity contribution < 1.29 is 14.6 Å². The highest BCUT2D eigenvalue weighted by Crippen LogP contribution is 2.24. The summed E-state index contributed by atoms with van der Waals surface area (Å²) in [4.78, 5) is 11.9. The lowest BCUT2D eigenvalue weighted by atomic mass is 10.2. The first kappa shape index (κ1) is 14.1. The van der Waals surface area contributed by atoms with E-state index in [-0.39, 0.29) is 18.3 Å². The fourth-order valence-corrected chi connectivity index (χ4v) is 2.07. The average Bonchev–Trinajstić information content (AvgIpc) is 2.64. The number of aromatic hydroxyl groups is 1. The maximum absolute atomic E-state index is 11.9. The molecule has 106 valence electrons. The van der Waals surface area contributed by atoms with Crippen molar-refractivity contribution in [2.24, 2.45) is 0 Å². The van der Waals surface area contributed by atoms with E-state index in [9.17, 15) is 9.90 Å². The number of phenols is 1. The summed E-state index contributed by atoms with van der Waals surface area (Å²) in [5.41, 5.74) is 0.912. The summed E-state index contributed by atoms with van der Waals surface area (Å²) in [6, 6.07) is 4.87. The van der Waals surface area contributed by atoms with Crippen LogP contribution in [0.15, 0.2) is 24.4 Å². The highest BCUT2D eigenvalue weighted by molar-refractivity contribution is 5.99. The third-order valence-electron chi connectivity index (χ3n) is 2.77. The molecule has 0 bridgehead atoms. The number of hydrogen-bond acceptors (Lipinski definition) is 4. The number of nitrogens with one attached hydrogen (secondary N) is 1. The highest BCUT2D eigenvalue weighted by atomic mass is 16.6. The Morgan fingerprint density at radius 3 is 2.75 bits per heavy atom. The topological polar surface area (TPSA) is 75.3 Å². The van der Waals surface area contributed by atoms with Crippen LogP contribution in [0.5, 0.6) is 5.75 Å². The van der Waals surface area contributed by atoms with E-state index in [4.69, 9.17) is 10.1 Å². The van der Waals surface area contributed by atoms with Gasteiger partial charge in [-0.2, -0.15) is 0 Å². The first-order chi connectivity index (χ1) is 9.30. The summed E-state index contributed by atoms with van der Waals surface area (Å²) in [6.45, 7) is 5.53. The molecule has 1 aromatic heterocycles. The number of fused-ring (bicyclic) bond motifs is 1. The fraction of sp³-hybridized carbons (Fsp3) is 0.333. The molecule has 1 aromatic carbocycles. The van der Waals surface area contributed by atoms with Crippen LogP contribution in [0.3, 0.4) is 0 Å². The number of ether oxygens (including phenoxy) is 1. The number of aromatic nitrogens is 1. The number of hydrogen-bond donors (Lipinski definition) is 2. The van der Waals surface area contributed by atoms with Crippen molar-refractivity contribution in [1.29, 1.82) is 5.41 Å². The van der Waals surface area contributed by atoms with Crippen LogP contribution < -0.4 is 0 Å². The summed E-state index contributed by atoms with van der Waals surface area (Å²) >= 11 is 0. The van der Waals surface area contributed by atoms with Crippen molar-refractivity contribution in [1.82, 2.24) is 4.57 Å². The number of carbonyl (C=O) groups is 1. The smallest absolute Gasteiger partial charge is 0.326 e. The van der Waals surface area contributed by atoms with Gasteiger partial charge in [0.1, 0.15) is 17.9 Å². The van der Waals surface area contributed by atoms with Gasteiger partial charge in [-0.1, -0.05) is 0 Å². The van der Waals surface area contributed by atoms with Gasteiger partial charge in [0, 0.05) is 28.9 Å². The Bertz CT molecular complexity index is 666. The largest absolute Gasteiger partial charge is 0.508 e. The Labute approximate surface area is 117 Å². The van der Waals surface area contributed by atoms with Gasteiger partial charge in [0.05, 0.1) is 0 Å². The first-order valence-corrected chi connectivity index (χ1v) is 6.34. The van der Waals surface area contributed by atoms with Crippen molar-refractivity contribution in [3.63, 3.8) is 0 Å². The monoisotopic (exact) mass is 274 g/mol. The van der Waals surface area contributed by atoms with Gasteiger partial charge in [-0.3, -0.25) is 4.79 Å². The molecule has 2 aromatic rings. The third kappa shape index (κ3) is 2.99. The minimum Gasteiger partial charge on any atom is -0.508 e. The van der Waals surface area contributed by atoms with Crippen molar-refractivity contribution in [3.8, 4) is 5.75 Å². The summed E-state index contributed by atoms with van der Waals surface area (Å²) in [6.07, 6.45) is 2.91. The number of phenolic OH excluding ortho intramolecular Hbond substituents is 1. The molecule has 2 N–H and O–H groups in total. The van der Waals surface area contributed by atoms with Gasteiger partial charge in [-0.15, -0.1) is 0 Å². The molecule has 0 aliphatic rings. The van der Waals surface area contributed by atoms with E-state index >= 15 is 0 Å². The molecule has 0 amide bonds. The van der Waals surface area contributed by atoms with E-state index in [0.717, 1.165) is 10.9 Å². The number of rotatable bonds is 3. The van der Waals surface area contributed by atoms with E-state index in [1.165, 1.54) is 6.21 Å². The highest BCUT2D eigenvalue weighted by Gasteiger charge is 2.18. The summed E-state index contributed by atoms with van der Waals surface area (Å²) < 4.78 is 7.02. The molecule has 0 unspecified atom stereocenters. The Balaban J connectivity index is 2.36. The van der Waals surface area contributed by atoms with Crippen molar-refractivity contribution in [2.75, 3.05) is 0 Å². The number of nitrogens with zero attached hydrogens (tertiary/aromatic N) is 1. The molecule has 2 rings (SSSR count). The molecule has 0 fully saturated rings. The number of esters is 1. The zero-order chi connectivity index (χ0) is 14.9. The minimum atomic E-state index is -0.525. The molecule has 0 atom stereocenters. The molecule has 0 saturated heterocycles. The van der Waals surface area contributed by atoms with Gasteiger partial charge in [0.25, 0.3) is 0 Å². The molecule has 5 nitrogen and oxygen atoms in total. The Morgan fingerprint density at radius 1 is 1.45 bits per heavy atom. The fourth-order valence-electron chi connectivity index (χ4n) is 2.07. The van der Waals surface area contributed by atoms with Gasteiger partial charge >= 0.3 is 5.97 Å². The molecule has 0 aliphatic heterocycles.